The second-order valence-electron chi connectivity index (χ2n) is 7.16. The average Bonchev–Trinajstić information content (AvgIpc) is 2.69. The van der Waals surface area contributed by atoms with Crippen LogP contribution in [-0.2, 0) is 0 Å². The molecule has 1 aromatic rings. The minimum Gasteiger partial charge on any atom is -0.396 e. The van der Waals surface area contributed by atoms with Crippen LogP contribution in [0.4, 0.5) is 5.69 Å². The van der Waals surface area contributed by atoms with Crippen LogP contribution < -0.4 is 4.90 Å². The van der Waals surface area contributed by atoms with E-state index in [1.54, 1.807) is 0 Å². The fraction of sp³-hybridized carbons (Fsp3) is 0.650. The number of aliphatic hydroxyl groups excluding tert-OH is 1. The SMILES string of the molecule is O=C(c1ccc(N2CCCCC2)cc1)N1CCN(CCCCO)CC1. The Morgan fingerprint density at radius 2 is 1.56 bits per heavy atom. The van der Waals surface area contributed by atoms with E-state index in [2.05, 4.69) is 21.9 Å². The minimum atomic E-state index is 0.153. The van der Waals surface area contributed by atoms with Gasteiger partial charge in [0.05, 0.1) is 0 Å². The first-order valence-electron chi connectivity index (χ1n) is 9.75. The Kier molecular flexibility index (Phi) is 6.70. The molecule has 2 fully saturated rings. The van der Waals surface area contributed by atoms with Crippen molar-refractivity contribution in [2.75, 3.05) is 57.3 Å². The van der Waals surface area contributed by atoms with Gasteiger partial charge in [-0.1, -0.05) is 0 Å². The van der Waals surface area contributed by atoms with Crippen LogP contribution in [0.25, 0.3) is 0 Å². The molecule has 3 rings (SSSR count). The van der Waals surface area contributed by atoms with Crippen LogP contribution in [-0.4, -0.2) is 73.2 Å². The van der Waals surface area contributed by atoms with E-state index in [9.17, 15) is 4.79 Å². The molecule has 1 N–H and O–H groups in total. The summed E-state index contributed by atoms with van der Waals surface area (Å²) in [6.45, 7) is 7.01. The van der Waals surface area contributed by atoms with Gasteiger partial charge in [-0.05, 0) is 62.9 Å². The van der Waals surface area contributed by atoms with Crippen molar-refractivity contribution in [1.29, 1.82) is 0 Å². The van der Waals surface area contributed by atoms with E-state index < -0.39 is 0 Å². The van der Waals surface area contributed by atoms with E-state index in [1.165, 1.54) is 24.9 Å². The van der Waals surface area contributed by atoms with E-state index in [-0.39, 0.29) is 12.5 Å². The predicted octanol–water partition coefficient (Wildman–Crippen LogP) is 2.21. The Morgan fingerprint density at radius 3 is 2.20 bits per heavy atom. The molecule has 0 atom stereocenters. The lowest BCUT2D eigenvalue weighted by atomic mass is 10.1. The van der Waals surface area contributed by atoms with E-state index in [0.717, 1.165) is 64.2 Å². The van der Waals surface area contributed by atoms with Crippen molar-refractivity contribution in [3.8, 4) is 0 Å². The lowest BCUT2D eigenvalue weighted by molar-refractivity contribution is 0.0634. The van der Waals surface area contributed by atoms with Crippen molar-refractivity contribution < 1.29 is 9.90 Å². The third-order valence-electron chi connectivity index (χ3n) is 5.38. The number of aliphatic hydroxyl groups is 1. The number of nitrogens with zero attached hydrogens (tertiary/aromatic N) is 3. The van der Waals surface area contributed by atoms with Crippen molar-refractivity contribution in [2.45, 2.75) is 32.1 Å². The first-order valence-corrected chi connectivity index (χ1v) is 9.75. The highest BCUT2D eigenvalue weighted by molar-refractivity contribution is 5.94. The van der Waals surface area contributed by atoms with Gasteiger partial charge in [-0.2, -0.15) is 0 Å². The molecular formula is C20H31N3O2. The zero-order valence-corrected chi connectivity index (χ0v) is 15.2. The number of piperidine rings is 1. The van der Waals surface area contributed by atoms with Gasteiger partial charge in [0, 0.05) is 57.1 Å². The van der Waals surface area contributed by atoms with Gasteiger partial charge in [0.15, 0.2) is 0 Å². The minimum absolute atomic E-state index is 0.153. The number of carbonyl (C=O) groups excluding carboxylic acids is 1. The Balaban J connectivity index is 1.49. The Labute approximate surface area is 151 Å². The zero-order valence-electron chi connectivity index (χ0n) is 15.2. The van der Waals surface area contributed by atoms with Crippen molar-refractivity contribution in [1.82, 2.24) is 9.80 Å². The fourth-order valence-electron chi connectivity index (χ4n) is 3.77. The molecule has 0 aromatic heterocycles. The third kappa shape index (κ3) is 4.95. The van der Waals surface area contributed by atoms with Gasteiger partial charge in [-0.15, -0.1) is 0 Å². The summed E-state index contributed by atoms with van der Waals surface area (Å²) in [7, 11) is 0. The van der Waals surface area contributed by atoms with Crippen molar-refractivity contribution in [2.24, 2.45) is 0 Å². The molecular weight excluding hydrogens is 314 g/mol. The lowest BCUT2D eigenvalue weighted by Gasteiger charge is -2.35. The summed E-state index contributed by atoms with van der Waals surface area (Å²) >= 11 is 0. The highest BCUT2D eigenvalue weighted by atomic mass is 16.2. The molecule has 0 bridgehead atoms. The topological polar surface area (TPSA) is 47.0 Å². The summed E-state index contributed by atoms with van der Waals surface area (Å²) in [6.07, 6.45) is 5.76. The highest BCUT2D eigenvalue weighted by Crippen LogP contribution is 2.21. The van der Waals surface area contributed by atoms with Crippen LogP contribution in [0.5, 0.6) is 0 Å². The van der Waals surface area contributed by atoms with Crippen molar-refractivity contribution in [3.05, 3.63) is 29.8 Å². The maximum Gasteiger partial charge on any atom is 0.253 e. The first kappa shape index (κ1) is 18.2. The maximum absolute atomic E-state index is 12.7. The number of piperazine rings is 1. The molecule has 2 saturated heterocycles. The molecule has 138 valence electrons. The second kappa shape index (κ2) is 9.20. The predicted molar refractivity (Wildman–Crippen MR) is 101 cm³/mol. The van der Waals surface area contributed by atoms with Crippen molar-refractivity contribution >= 4 is 11.6 Å². The normalized spacial score (nSPS) is 19.2. The van der Waals surface area contributed by atoms with Gasteiger partial charge < -0.3 is 14.9 Å². The van der Waals surface area contributed by atoms with Gasteiger partial charge in [-0.25, -0.2) is 0 Å². The van der Waals surface area contributed by atoms with Crippen LogP contribution in [0.3, 0.4) is 0 Å². The van der Waals surface area contributed by atoms with Gasteiger partial charge in [0.1, 0.15) is 0 Å². The molecule has 0 aliphatic carbocycles. The fourth-order valence-corrected chi connectivity index (χ4v) is 3.77. The number of rotatable bonds is 6. The summed E-state index contributed by atoms with van der Waals surface area (Å²) in [5.74, 6) is 0.153. The number of anilines is 1. The highest BCUT2D eigenvalue weighted by Gasteiger charge is 2.22. The van der Waals surface area contributed by atoms with Crippen LogP contribution in [0.2, 0.25) is 0 Å². The molecule has 5 nitrogen and oxygen atoms in total. The third-order valence-corrected chi connectivity index (χ3v) is 5.38. The molecule has 1 aromatic carbocycles. The quantitative estimate of drug-likeness (QED) is 0.803. The molecule has 0 saturated carbocycles. The maximum atomic E-state index is 12.7. The van der Waals surface area contributed by atoms with E-state index in [1.807, 2.05) is 17.0 Å². The van der Waals surface area contributed by atoms with Crippen LogP contribution >= 0.6 is 0 Å². The molecule has 25 heavy (non-hydrogen) atoms. The molecule has 5 heteroatoms. The average molecular weight is 345 g/mol. The Hall–Kier alpha value is -1.59. The van der Waals surface area contributed by atoms with Crippen molar-refractivity contribution in [3.63, 3.8) is 0 Å². The molecule has 2 aliphatic rings. The number of hydrogen-bond acceptors (Lipinski definition) is 4. The van der Waals surface area contributed by atoms with E-state index in [0.29, 0.717) is 0 Å². The summed E-state index contributed by atoms with van der Waals surface area (Å²) in [6, 6.07) is 8.17. The summed E-state index contributed by atoms with van der Waals surface area (Å²) in [5, 5.41) is 8.86. The number of hydrogen-bond donors (Lipinski definition) is 1. The lowest BCUT2D eigenvalue weighted by Crippen LogP contribution is -2.48. The first-order chi connectivity index (χ1) is 12.3. The molecule has 1 amide bonds. The number of benzene rings is 1. The van der Waals surface area contributed by atoms with Gasteiger partial charge >= 0.3 is 0 Å². The summed E-state index contributed by atoms with van der Waals surface area (Å²) in [5.41, 5.74) is 2.04. The molecule has 0 spiro atoms. The standard InChI is InChI=1S/C20H31N3O2/c24-17-5-4-10-21-13-15-23(16-14-21)20(25)18-6-8-19(9-7-18)22-11-2-1-3-12-22/h6-9,24H,1-5,10-17H2. The summed E-state index contributed by atoms with van der Waals surface area (Å²) < 4.78 is 0. The molecule has 2 heterocycles. The number of amides is 1. The van der Waals surface area contributed by atoms with Crippen LogP contribution in [0.1, 0.15) is 42.5 Å². The molecule has 0 radical (unpaired) electrons. The number of unbranched alkanes of at least 4 members (excludes halogenated alkanes) is 1. The van der Waals surface area contributed by atoms with Crippen LogP contribution in [0, 0.1) is 0 Å². The van der Waals surface area contributed by atoms with E-state index >= 15 is 0 Å². The largest absolute Gasteiger partial charge is 0.396 e. The van der Waals surface area contributed by atoms with Gasteiger partial charge in [0.2, 0.25) is 0 Å². The number of carbonyl (C=O) groups is 1. The second-order valence-corrected chi connectivity index (χ2v) is 7.16. The van der Waals surface area contributed by atoms with Crippen LogP contribution in [0.15, 0.2) is 24.3 Å². The monoisotopic (exact) mass is 345 g/mol. The Morgan fingerprint density at radius 1 is 0.880 bits per heavy atom. The van der Waals surface area contributed by atoms with Gasteiger partial charge in [-0.3, -0.25) is 9.69 Å². The van der Waals surface area contributed by atoms with E-state index in [4.69, 9.17) is 5.11 Å². The van der Waals surface area contributed by atoms with Gasteiger partial charge in [0.25, 0.3) is 5.91 Å². The molecule has 2 aliphatic heterocycles. The Bertz CT molecular complexity index is 532. The summed E-state index contributed by atoms with van der Waals surface area (Å²) in [4.78, 5) is 19.5. The molecule has 0 unspecified atom stereocenters. The zero-order chi connectivity index (χ0) is 17.5. The smallest absolute Gasteiger partial charge is 0.253 e.